The number of tetrazole rings is 1. The number of aromatic amines is 1. The smallest absolute Gasteiger partial charge is 0.327 e. The van der Waals surface area contributed by atoms with Crippen LogP contribution in [0.1, 0.15) is 75.4 Å². The SMILES string of the molecule is CCC[C@H](c1nnnn1CC(=O)OCC)N(Cc1cc2ccc(C)cc2[nH]c1=O)C1CCCC1. The van der Waals surface area contributed by atoms with Gasteiger partial charge in [-0.15, -0.1) is 5.10 Å². The van der Waals surface area contributed by atoms with Crippen LogP contribution in [0.3, 0.4) is 0 Å². The highest BCUT2D eigenvalue weighted by Gasteiger charge is 2.33. The Bertz CT molecular complexity index is 1180. The number of aryl methyl sites for hydroxylation is 1. The first-order valence-corrected chi connectivity index (χ1v) is 12.3. The van der Waals surface area contributed by atoms with E-state index in [0.29, 0.717) is 25.0 Å². The van der Waals surface area contributed by atoms with Crippen LogP contribution in [0.5, 0.6) is 0 Å². The van der Waals surface area contributed by atoms with Gasteiger partial charge in [0.05, 0.1) is 12.6 Å². The van der Waals surface area contributed by atoms with Gasteiger partial charge in [-0.1, -0.05) is 38.3 Å². The fraction of sp³-hybridized carbons (Fsp3) is 0.560. The summed E-state index contributed by atoms with van der Waals surface area (Å²) in [7, 11) is 0. The number of carbonyl (C=O) groups excluding carboxylic acids is 1. The number of benzene rings is 1. The highest BCUT2D eigenvalue weighted by atomic mass is 16.5. The molecule has 0 radical (unpaired) electrons. The van der Waals surface area contributed by atoms with Crippen LogP contribution in [0, 0.1) is 6.92 Å². The number of ether oxygens (including phenoxy) is 1. The molecular formula is C25H34N6O3. The van der Waals surface area contributed by atoms with E-state index in [1.165, 1.54) is 12.8 Å². The lowest BCUT2D eigenvalue weighted by atomic mass is 10.0. The van der Waals surface area contributed by atoms with Crippen molar-refractivity contribution in [1.82, 2.24) is 30.1 Å². The van der Waals surface area contributed by atoms with E-state index in [9.17, 15) is 9.59 Å². The molecule has 0 unspecified atom stereocenters. The molecule has 1 atom stereocenters. The molecule has 1 N–H and O–H groups in total. The summed E-state index contributed by atoms with van der Waals surface area (Å²) in [5, 5.41) is 13.3. The maximum Gasteiger partial charge on any atom is 0.327 e. The second-order valence-electron chi connectivity index (χ2n) is 9.13. The van der Waals surface area contributed by atoms with Crippen LogP contribution in [0.25, 0.3) is 10.9 Å². The average molecular weight is 467 g/mol. The molecule has 1 fully saturated rings. The Kier molecular flexibility index (Phi) is 7.72. The van der Waals surface area contributed by atoms with E-state index in [1.54, 1.807) is 11.6 Å². The summed E-state index contributed by atoms with van der Waals surface area (Å²) < 4.78 is 6.67. The van der Waals surface area contributed by atoms with E-state index in [4.69, 9.17) is 4.74 Å². The summed E-state index contributed by atoms with van der Waals surface area (Å²) in [4.78, 5) is 30.7. The number of aromatic nitrogens is 5. The molecule has 0 bridgehead atoms. The summed E-state index contributed by atoms with van der Waals surface area (Å²) in [5.74, 6) is 0.287. The van der Waals surface area contributed by atoms with Crippen molar-refractivity contribution in [2.45, 2.75) is 84.5 Å². The fourth-order valence-electron chi connectivity index (χ4n) is 5.01. The van der Waals surface area contributed by atoms with Crippen molar-refractivity contribution in [1.29, 1.82) is 0 Å². The summed E-state index contributed by atoms with van der Waals surface area (Å²) in [6.07, 6.45) is 6.23. The molecule has 182 valence electrons. The van der Waals surface area contributed by atoms with Gasteiger partial charge in [-0.2, -0.15) is 0 Å². The average Bonchev–Trinajstić information content (AvgIpc) is 3.49. The predicted octanol–water partition coefficient (Wildman–Crippen LogP) is 3.67. The third-order valence-electron chi connectivity index (χ3n) is 6.63. The Morgan fingerprint density at radius 1 is 1.26 bits per heavy atom. The van der Waals surface area contributed by atoms with Gasteiger partial charge in [-0.25, -0.2) is 4.68 Å². The Morgan fingerprint density at radius 2 is 2.06 bits per heavy atom. The molecule has 1 aliphatic rings. The number of hydrogen-bond donors (Lipinski definition) is 1. The molecule has 2 heterocycles. The van der Waals surface area contributed by atoms with Gasteiger partial charge in [0, 0.05) is 23.7 Å². The van der Waals surface area contributed by atoms with Gasteiger partial charge >= 0.3 is 5.97 Å². The van der Waals surface area contributed by atoms with E-state index in [1.807, 2.05) is 25.1 Å². The molecule has 9 nitrogen and oxygen atoms in total. The number of esters is 1. The molecule has 9 heteroatoms. The fourth-order valence-corrected chi connectivity index (χ4v) is 5.01. The van der Waals surface area contributed by atoms with Crippen LogP contribution < -0.4 is 5.56 Å². The largest absolute Gasteiger partial charge is 0.465 e. The number of H-pyrrole nitrogens is 1. The van der Waals surface area contributed by atoms with Gasteiger partial charge < -0.3 is 9.72 Å². The summed E-state index contributed by atoms with van der Waals surface area (Å²) in [6, 6.07) is 8.33. The molecule has 34 heavy (non-hydrogen) atoms. The van der Waals surface area contributed by atoms with Crippen molar-refractivity contribution in [3.8, 4) is 0 Å². The lowest BCUT2D eigenvalue weighted by Crippen LogP contribution is -2.39. The molecule has 1 aliphatic carbocycles. The molecule has 1 aromatic carbocycles. The molecule has 0 spiro atoms. The monoisotopic (exact) mass is 466 g/mol. The quantitative estimate of drug-likeness (QED) is 0.454. The summed E-state index contributed by atoms with van der Waals surface area (Å²) >= 11 is 0. The van der Waals surface area contributed by atoms with Crippen LogP contribution in [-0.2, 0) is 22.6 Å². The highest BCUT2D eigenvalue weighted by molar-refractivity contribution is 5.79. The molecule has 4 rings (SSSR count). The Labute approximate surface area is 199 Å². The second kappa shape index (κ2) is 10.9. The van der Waals surface area contributed by atoms with Crippen molar-refractivity contribution < 1.29 is 9.53 Å². The van der Waals surface area contributed by atoms with Crippen LogP contribution in [0.2, 0.25) is 0 Å². The first-order valence-electron chi connectivity index (χ1n) is 12.3. The lowest BCUT2D eigenvalue weighted by Gasteiger charge is -2.35. The van der Waals surface area contributed by atoms with E-state index >= 15 is 0 Å². The Hall–Kier alpha value is -3.07. The first-order chi connectivity index (χ1) is 16.5. The molecule has 0 saturated heterocycles. The number of fused-ring (bicyclic) bond motifs is 1. The van der Waals surface area contributed by atoms with Crippen molar-refractivity contribution in [3.63, 3.8) is 0 Å². The molecule has 0 aliphatic heterocycles. The van der Waals surface area contributed by atoms with Crippen LogP contribution in [0.15, 0.2) is 29.1 Å². The van der Waals surface area contributed by atoms with Gasteiger partial charge in [0.2, 0.25) is 0 Å². The van der Waals surface area contributed by atoms with Gasteiger partial charge in [-0.05, 0) is 66.6 Å². The first kappa shape index (κ1) is 24.1. The van der Waals surface area contributed by atoms with E-state index < -0.39 is 0 Å². The van der Waals surface area contributed by atoms with Gasteiger partial charge in [0.1, 0.15) is 6.54 Å². The molecular weight excluding hydrogens is 432 g/mol. The minimum atomic E-state index is -0.361. The Morgan fingerprint density at radius 3 is 2.79 bits per heavy atom. The summed E-state index contributed by atoms with van der Waals surface area (Å²) in [5.41, 5.74) is 2.63. The van der Waals surface area contributed by atoms with Crippen molar-refractivity contribution in [3.05, 3.63) is 51.6 Å². The maximum atomic E-state index is 13.1. The van der Waals surface area contributed by atoms with Gasteiger partial charge in [0.15, 0.2) is 5.82 Å². The van der Waals surface area contributed by atoms with Gasteiger partial charge in [0.25, 0.3) is 5.56 Å². The van der Waals surface area contributed by atoms with Crippen LogP contribution >= 0.6 is 0 Å². The number of carbonyl (C=O) groups is 1. The molecule has 0 amide bonds. The summed E-state index contributed by atoms with van der Waals surface area (Å²) in [6.45, 7) is 6.72. The van der Waals surface area contributed by atoms with Crippen LogP contribution in [0.4, 0.5) is 0 Å². The number of rotatable bonds is 10. The highest BCUT2D eigenvalue weighted by Crippen LogP contribution is 2.34. The van der Waals surface area contributed by atoms with E-state index in [0.717, 1.165) is 47.7 Å². The topological polar surface area (TPSA) is 106 Å². The minimum Gasteiger partial charge on any atom is -0.465 e. The maximum absolute atomic E-state index is 13.1. The Balaban J connectivity index is 1.70. The molecule has 3 aromatic rings. The second-order valence-corrected chi connectivity index (χ2v) is 9.13. The zero-order valence-electron chi connectivity index (χ0n) is 20.3. The third kappa shape index (κ3) is 5.35. The minimum absolute atomic E-state index is 0.0230. The normalized spacial score (nSPS) is 15.3. The molecule has 1 saturated carbocycles. The third-order valence-corrected chi connectivity index (χ3v) is 6.63. The van der Waals surface area contributed by atoms with E-state index in [-0.39, 0.29) is 24.1 Å². The standard InChI is InChI=1S/C25H34N6O3/c1-4-8-22(24-27-28-29-31(24)16-23(32)34-5-2)30(20-9-6-7-10-20)15-19-14-18-12-11-17(3)13-21(18)26-25(19)33/h11-14,20,22H,4-10,15-16H2,1-3H3,(H,26,33)/t22-/m1/s1. The lowest BCUT2D eigenvalue weighted by molar-refractivity contribution is -0.144. The zero-order valence-corrected chi connectivity index (χ0v) is 20.3. The van der Waals surface area contributed by atoms with Crippen molar-refractivity contribution in [2.75, 3.05) is 6.61 Å². The number of pyridine rings is 1. The zero-order chi connectivity index (χ0) is 24.1. The van der Waals surface area contributed by atoms with E-state index in [2.05, 4.69) is 38.4 Å². The number of hydrogen-bond acceptors (Lipinski definition) is 7. The molecule has 2 aromatic heterocycles. The van der Waals surface area contributed by atoms with Gasteiger partial charge in [-0.3, -0.25) is 14.5 Å². The van der Waals surface area contributed by atoms with Crippen molar-refractivity contribution >= 4 is 16.9 Å². The van der Waals surface area contributed by atoms with Crippen LogP contribution in [-0.4, -0.2) is 48.7 Å². The number of nitrogens with one attached hydrogen (secondary N) is 1. The number of nitrogens with zero attached hydrogens (tertiary/aromatic N) is 5. The predicted molar refractivity (Wildman–Crippen MR) is 129 cm³/mol. The van der Waals surface area contributed by atoms with Crippen molar-refractivity contribution in [2.24, 2.45) is 0 Å².